The van der Waals surface area contributed by atoms with Crippen LogP contribution in [0.1, 0.15) is 13.8 Å². The molecule has 3 rings (SSSR count). The molecule has 136 valence electrons. The number of piperazine rings is 1. The van der Waals surface area contributed by atoms with E-state index in [1.807, 2.05) is 26.0 Å². The summed E-state index contributed by atoms with van der Waals surface area (Å²) >= 11 is 0. The van der Waals surface area contributed by atoms with Crippen LogP contribution in [0.5, 0.6) is 5.75 Å². The lowest BCUT2D eigenvalue weighted by Gasteiger charge is -2.37. The van der Waals surface area contributed by atoms with Gasteiger partial charge in [0.1, 0.15) is 12.3 Å². The standard InChI is InChI=1S/C18H26N4O3/c1-14(2)22-17(23)12-21(18(22)24)13-19-8-10-20(11-9-19)15-4-6-16(25-3)7-5-15/h4-7,14H,8-13H2,1-3H3. The van der Waals surface area contributed by atoms with Crippen LogP contribution in [0, 0.1) is 0 Å². The van der Waals surface area contributed by atoms with Gasteiger partial charge in [-0.05, 0) is 38.1 Å². The van der Waals surface area contributed by atoms with Gasteiger partial charge >= 0.3 is 6.03 Å². The summed E-state index contributed by atoms with van der Waals surface area (Å²) in [5.41, 5.74) is 1.18. The van der Waals surface area contributed by atoms with Gasteiger partial charge in [0.2, 0.25) is 0 Å². The first-order valence-corrected chi connectivity index (χ1v) is 8.72. The predicted molar refractivity (Wildman–Crippen MR) is 95.7 cm³/mol. The lowest BCUT2D eigenvalue weighted by Crippen LogP contribution is -2.51. The van der Waals surface area contributed by atoms with E-state index >= 15 is 0 Å². The van der Waals surface area contributed by atoms with Crippen molar-refractivity contribution in [3.8, 4) is 5.75 Å². The van der Waals surface area contributed by atoms with Crippen molar-refractivity contribution < 1.29 is 14.3 Å². The van der Waals surface area contributed by atoms with Gasteiger partial charge in [-0.2, -0.15) is 0 Å². The molecular weight excluding hydrogens is 320 g/mol. The number of benzene rings is 1. The highest BCUT2D eigenvalue weighted by atomic mass is 16.5. The number of anilines is 1. The first-order valence-electron chi connectivity index (χ1n) is 8.72. The Morgan fingerprint density at radius 1 is 1.04 bits per heavy atom. The molecule has 7 nitrogen and oxygen atoms in total. The summed E-state index contributed by atoms with van der Waals surface area (Å²) < 4.78 is 5.20. The van der Waals surface area contributed by atoms with Crippen LogP contribution < -0.4 is 9.64 Å². The fourth-order valence-corrected chi connectivity index (χ4v) is 3.37. The summed E-state index contributed by atoms with van der Waals surface area (Å²) in [6.45, 7) is 7.98. The summed E-state index contributed by atoms with van der Waals surface area (Å²) in [5.74, 6) is 0.756. The molecule has 0 spiro atoms. The molecule has 25 heavy (non-hydrogen) atoms. The second-order valence-electron chi connectivity index (χ2n) is 6.78. The third-order valence-corrected chi connectivity index (χ3v) is 4.77. The molecule has 2 aliphatic rings. The summed E-state index contributed by atoms with van der Waals surface area (Å²) in [6.07, 6.45) is 0. The quantitative estimate of drug-likeness (QED) is 0.756. The summed E-state index contributed by atoms with van der Waals surface area (Å²) in [7, 11) is 1.67. The number of ether oxygens (including phenoxy) is 1. The largest absolute Gasteiger partial charge is 0.497 e. The first kappa shape index (κ1) is 17.5. The van der Waals surface area contributed by atoms with Crippen molar-refractivity contribution in [2.45, 2.75) is 19.9 Å². The highest BCUT2D eigenvalue weighted by Gasteiger charge is 2.38. The zero-order valence-electron chi connectivity index (χ0n) is 15.1. The van der Waals surface area contributed by atoms with E-state index in [-0.39, 0.29) is 24.5 Å². The van der Waals surface area contributed by atoms with Gasteiger partial charge in [-0.25, -0.2) is 4.79 Å². The van der Waals surface area contributed by atoms with E-state index in [1.165, 1.54) is 10.6 Å². The van der Waals surface area contributed by atoms with Gasteiger partial charge in [0.05, 0.1) is 13.8 Å². The highest BCUT2D eigenvalue weighted by Crippen LogP contribution is 2.21. The number of amides is 3. The molecule has 0 aromatic heterocycles. The van der Waals surface area contributed by atoms with Crippen molar-refractivity contribution in [2.24, 2.45) is 0 Å². The molecule has 0 N–H and O–H groups in total. The van der Waals surface area contributed by atoms with Crippen LogP contribution in [-0.2, 0) is 4.79 Å². The molecule has 2 heterocycles. The fraction of sp³-hybridized carbons (Fsp3) is 0.556. The second-order valence-corrected chi connectivity index (χ2v) is 6.78. The Bertz CT molecular complexity index is 624. The molecule has 0 unspecified atom stereocenters. The van der Waals surface area contributed by atoms with Crippen LogP contribution in [-0.4, -0.2) is 79.2 Å². The van der Waals surface area contributed by atoms with E-state index in [9.17, 15) is 9.59 Å². The Labute approximate surface area is 148 Å². The maximum Gasteiger partial charge on any atom is 0.328 e. The summed E-state index contributed by atoms with van der Waals surface area (Å²) in [6, 6.07) is 7.82. The molecule has 0 radical (unpaired) electrons. The number of hydrogen-bond acceptors (Lipinski definition) is 5. The van der Waals surface area contributed by atoms with E-state index in [4.69, 9.17) is 4.74 Å². The average Bonchev–Trinajstić information content (AvgIpc) is 2.89. The van der Waals surface area contributed by atoms with E-state index in [2.05, 4.69) is 21.9 Å². The molecule has 2 aliphatic heterocycles. The van der Waals surface area contributed by atoms with Crippen LogP contribution in [0.15, 0.2) is 24.3 Å². The van der Waals surface area contributed by atoms with Crippen LogP contribution >= 0.6 is 0 Å². The molecule has 1 aromatic carbocycles. The fourth-order valence-electron chi connectivity index (χ4n) is 3.37. The third-order valence-electron chi connectivity index (χ3n) is 4.77. The number of hydrogen-bond donors (Lipinski definition) is 0. The summed E-state index contributed by atoms with van der Waals surface area (Å²) in [4.78, 5) is 31.9. The maximum atomic E-state index is 12.4. The summed E-state index contributed by atoms with van der Waals surface area (Å²) in [5, 5.41) is 0. The molecule has 1 aromatic rings. The van der Waals surface area contributed by atoms with Gasteiger partial charge in [0, 0.05) is 37.9 Å². The molecular formula is C18H26N4O3. The Morgan fingerprint density at radius 3 is 2.20 bits per heavy atom. The molecule has 3 amide bonds. The Balaban J connectivity index is 1.52. The smallest absolute Gasteiger partial charge is 0.328 e. The SMILES string of the molecule is COc1ccc(N2CCN(CN3CC(=O)N(C(C)C)C3=O)CC2)cc1. The van der Waals surface area contributed by atoms with Crippen LogP contribution in [0.2, 0.25) is 0 Å². The van der Waals surface area contributed by atoms with Crippen LogP contribution in [0.4, 0.5) is 10.5 Å². The number of imide groups is 1. The van der Waals surface area contributed by atoms with Gasteiger partial charge in [0.15, 0.2) is 0 Å². The van der Waals surface area contributed by atoms with Gasteiger partial charge in [-0.3, -0.25) is 14.6 Å². The number of carbonyl (C=O) groups excluding carboxylic acids is 2. The predicted octanol–water partition coefficient (Wildman–Crippen LogP) is 1.45. The molecule has 0 aliphatic carbocycles. The van der Waals surface area contributed by atoms with Crippen LogP contribution in [0.25, 0.3) is 0 Å². The first-order chi connectivity index (χ1) is 12.0. The van der Waals surface area contributed by atoms with E-state index < -0.39 is 0 Å². The van der Waals surface area contributed by atoms with E-state index in [1.54, 1.807) is 12.0 Å². The van der Waals surface area contributed by atoms with Gasteiger partial charge < -0.3 is 14.5 Å². The monoisotopic (exact) mass is 346 g/mol. The topological polar surface area (TPSA) is 56.3 Å². The zero-order chi connectivity index (χ0) is 18.0. The molecule has 0 saturated carbocycles. The molecule has 0 bridgehead atoms. The maximum absolute atomic E-state index is 12.4. The van der Waals surface area contributed by atoms with Crippen molar-refractivity contribution in [3.05, 3.63) is 24.3 Å². The lowest BCUT2D eigenvalue weighted by molar-refractivity contribution is -0.126. The van der Waals surface area contributed by atoms with Crippen molar-refractivity contribution >= 4 is 17.6 Å². The van der Waals surface area contributed by atoms with E-state index in [0.717, 1.165) is 31.9 Å². The lowest BCUT2D eigenvalue weighted by atomic mass is 10.2. The Morgan fingerprint density at radius 2 is 1.68 bits per heavy atom. The Kier molecular flexibility index (Phi) is 5.13. The van der Waals surface area contributed by atoms with Gasteiger partial charge in [-0.15, -0.1) is 0 Å². The van der Waals surface area contributed by atoms with Crippen molar-refractivity contribution in [2.75, 3.05) is 51.4 Å². The minimum absolute atomic E-state index is 0.0862. The minimum Gasteiger partial charge on any atom is -0.497 e. The highest BCUT2D eigenvalue weighted by molar-refractivity contribution is 6.02. The van der Waals surface area contributed by atoms with Crippen molar-refractivity contribution in [1.82, 2.24) is 14.7 Å². The number of urea groups is 1. The second kappa shape index (κ2) is 7.31. The molecule has 2 fully saturated rings. The van der Waals surface area contributed by atoms with E-state index in [0.29, 0.717) is 6.67 Å². The normalized spacial score (nSPS) is 19.3. The number of rotatable bonds is 5. The molecule has 2 saturated heterocycles. The van der Waals surface area contributed by atoms with Crippen molar-refractivity contribution in [3.63, 3.8) is 0 Å². The van der Waals surface area contributed by atoms with Gasteiger partial charge in [-0.1, -0.05) is 0 Å². The molecule has 0 atom stereocenters. The number of methoxy groups -OCH3 is 1. The number of nitrogens with zero attached hydrogens (tertiary/aromatic N) is 4. The minimum atomic E-state index is -0.169. The third kappa shape index (κ3) is 3.71. The number of carbonyl (C=O) groups is 2. The molecule has 7 heteroatoms. The average molecular weight is 346 g/mol. The van der Waals surface area contributed by atoms with Gasteiger partial charge in [0.25, 0.3) is 5.91 Å². The van der Waals surface area contributed by atoms with Crippen molar-refractivity contribution in [1.29, 1.82) is 0 Å². The Hall–Kier alpha value is -2.28. The van der Waals surface area contributed by atoms with Crippen LogP contribution in [0.3, 0.4) is 0 Å². The zero-order valence-corrected chi connectivity index (χ0v) is 15.1.